The van der Waals surface area contributed by atoms with E-state index in [2.05, 4.69) is 11.4 Å². The molecule has 1 aromatic carbocycles. The summed E-state index contributed by atoms with van der Waals surface area (Å²) < 4.78 is 0. The van der Waals surface area contributed by atoms with Crippen LogP contribution in [0.3, 0.4) is 0 Å². The Bertz CT molecular complexity index is 498. The predicted octanol–water partition coefficient (Wildman–Crippen LogP) is 4.83. The highest BCUT2D eigenvalue weighted by Gasteiger charge is 2.14. The predicted molar refractivity (Wildman–Crippen MR) is 90.9 cm³/mol. The first-order valence-corrected chi connectivity index (χ1v) is 8.79. The van der Waals surface area contributed by atoms with Gasteiger partial charge in [-0.15, -0.1) is 11.8 Å². The van der Waals surface area contributed by atoms with Gasteiger partial charge in [-0.3, -0.25) is 4.79 Å². The Labute approximate surface area is 136 Å². The molecule has 0 bridgehead atoms. The molecule has 0 heterocycles. The number of thioether (sulfide) groups is 1. The molecule has 0 aliphatic heterocycles. The SMILES string of the molecule is C[C@@H](Sc1ccc(Cl)cc1)C(=O)NCCC1=CCCCC1. The fourth-order valence-electron chi connectivity index (χ4n) is 2.39. The molecule has 0 spiro atoms. The van der Waals surface area contributed by atoms with Crippen LogP contribution in [-0.4, -0.2) is 17.7 Å². The number of benzene rings is 1. The van der Waals surface area contributed by atoms with Crippen LogP contribution in [0.4, 0.5) is 0 Å². The Kier molecular flexibility index (Phi) is 6.65. The molecule has 4 heteroatoms. The summed E-state index contributed by atoms with van der Waals surface area (Å²) in [4.78, 5) is 13.1. The number of rotatable bonds is 6. The Morgan fingerprint density at radius 2 is 2.10 bits per heavy atom. The monoisotopic (exact) mass is 323 g/mol. The summed E-state index contributed by atoms with van der Waals surface area (Å²) >= 11 is 7.42. The summed E-state index contributed by atoms with van der Waals surface area (Å²) in [5.41, 5.74) is 1.50. The molecule has 1 atom stereocenters. The highest BCUT2D eigenvalue weighted by Crippen LogP contribution is 2.25. The number of carbonyl (C=O) groups is 1. The molecule has 1 aromatic rings. The van der Waals surface area contributed by atoms with E-state index in [1.165, 1.54) is 31.3 Å². The highest BCUT2D eigenvalue weighted by atomic mass is 35.5. The van der Waals surface area contributed by atoms with Gasteiger partial charge in [0.1, 0.15) is 0 Å². The molecule has 0 aromatic heterocycles. The van der Waals surface area contributed by atoms with Gasteiger partial charge < -0.3 is 5.32 Å². The van der Waals surface area contributed by atoms with Gasteiger partial charge in [-0.1, -0.05) is 23.3 Å². The lowest BCUT2D eigenvalue weighted by Crippen LogP contribution is -2.31. The van der Waals surface area contributed by atoms with Crippen LogP contribution in [0.1, 0.15) is 39.0 Å². The fourth-order valence-corrected chi connectivity index (χ4v) is 3.41. The van der Waals surface area contributed by atoms with Crippen molar-refractivity contribution in [2.24, 2.45) is 0 Å². The normalized spacial score (nSPS) is 16.2. The zero-order valence-corrected chi connectivity index (χ0v) is 14.0. The number of nitrogens with one attached hydrogen (secondary N) is 1. The van der Waals surface area contributed by atoms with Crippen molar-refractivity contribution in [1.82, 2.24) is 5.32 Å². The van der Waals surface area contributed by atoms with E-state index in [1.807, 2.05) is 31.2 Å². The number of amides is 1. The molecule has 0 saturated heterocycles. The first kappa shape index (κ1) is 16.4. The van der Waals surface area contributed by atoms with Crippen molar-refractivity contribution >= 4 is 29.3 Å². The Morgan fingerprint density at radius 3 is 2.76 bits per heavy atom. The topological polar surface area (TPSA) is 29.1 Å². The summed E-state index contributed by atoms with van der Waals surface area (Å²) in [6.07, 6.45) is 8.33. The third kappa shape index (κ3) is 5.76. The molecule has 1 N–H and O–H groups in total. The van der Waals surface area contributed by atoms with Crippen molar-refractivity contribution in [1.29, 1.82) is 0 Å². The summed E-state index contributed by atoms with van der Waals surface area (Å²) in [5.74, 6) is 0.103. The van der Waals surface area contributed by atoms with Crippen LogP contribution in [0, 0.1) is 0 Å². The molecule has 21 heavy (non-hydrogen) atoms. The number of hydrogen-bond donors (Lipinski definition) is 1. The van der Waals surface area contributed by atoms with E-state index >= 15 is 0 Å². The third-order valence-electron chi connectivity index (χ3n) is 3.63. The highest BCUT2D eigenvalue weighted by molar-refractivity contribution is 8.00. The Balaban J connectivity index is 1.72. The maximum Gasteiger partial charge on any atom is 0.233 e. The van der Waals surface area contributed by atoms with Gasteiger partial charge in [-0.05, 0) is 63.3 Å². The van der Waals surface area contributed by atoms with Gasteiger partial charge in [0.2, 0.25) is 5.91 Å². The first-order chi connectivity index (χ1) is 10.1. The molecule has 2 rings (SSSR count). The second kappa shape index (κ2) is 8.50. The molecule has 1 amide bonds. The number of carbonyl (C=O) groups excluding carboxylic acids is 1. The van der Waals surface area contributed by atoms with Crippen LogP contribution in [0.25, 0.3) is 0 Å². The van der Waals surface area contributed by atoms with Gasteiger partial charge in [0.05, 0.1) is 5.25 Å². The van der Waals surface area contributed by atoms with Crippen molar-refractivity contribution in [2.45, 2.75) is 49.2 Å². The van der Waals surface area contributed by atoms with E-state index in [4.69, 9.17) is 11.6 Å². The maximum atomic E-state index is 12.1. The van der Waals surface area contributed by atoms with Crippen molar-refractivity contribution < 1.29 is 4.79 Å². The lowest BCUT2D eigenvalue weighted by molar-refractivity contribution is -0.120. The zero-order chi connectivity index (χ0) is 15.1. The second-order valence-electron chi connectivity index (χ2n) is 5.36. The van der Waals surface area contributed by atoms with Gasteiger partial charge in [-0.25, -0.2) is 0 Å². The zero-order valence-electron chi connectivity index (χ0n) is 12.4. The molecule has 0 fully saturated rings. The van der Waals surface area contributed by atoms with Crippen molar-refractivity contribution in [3.05, 3.63) is 40.9 Å². The average molecular weight is 324 g/mol. The molecule has 0 saturated carbocycles. The molecule has 1 aliphatic carbocycles. The van der Waals surface area contributed by atoms with Gasteiger partial charge in [0.25, 0.3) is 0 Å². The van der Waals surface area contributed by atoms with Gasteiger partial charge >= 0.3 is 0 Å². The standard InChI is InChI=1S/C17H22ClNOS/c1-13(21-16-9-7-15(18)8-10-16)17(20)19-12-11-14-5-3-2-4-6-14/h5,7-10,13H,2-4,6,11-12H2,1H3,(H,19,20)/t13-/m1/s1. The summed E-state index contributed by atoms with van der Waals surface area (Å²) in [5, 5.41) is 3.66. The second-order valence-corrected chi connectivity index (χ2v) is 7.21. The molecule has 1 aliphatic rings. The molecular formula is C17H22ClNOS. The van der Waals surface area contributed by atoms with E-state index in [9.17, 15) is 4.79 Å². The van der Waals surface area contributed by atoms with E-state index in [0.717, 1.165) is 22.9 Å². The third-order valence-corrected chi connectivity index (χ3v) is 4.99. The van der Waals surface area contributed by atoms with E-state index < -0.39 is 0 Å². The number of halogens is 1. The van der Waals surface area contributed by atoms with Crippen molar-refractivity contribution in [2.75, 3.05) is 6.54 Å². The maximum absolute atomic E-state index is 12.1. The van der Waals surface area contributed by atoms with Crippen LogP contribution in [0.2, 0.25) is 5.02 Å². The minimum Gasteiger partial charge on any atom is -0.355 e. The number of allylic oxidation sites excluding steroid dienone is 1. The smallest absolute Gasteiger partial charge is 0.233 e. The quantitative estimate of drug-likeness (QED) is 0.600. The lowest BCUT2D eigenvalue weighted by atomic mass is 9.97. The molecule has 114 valence electrons. The van der Waals surface area contributed by atoms with E-state index in [-0.39, 0.29) is 11.2 Å². The van der Waals surface area contributed by atoms with Crippen molar-refractivity contribution in [3.8, 4) is 0 Å². The number of hydrogen-bond acceptors (Lipinski definition) is 2. The largest absolute Gasteiger partial charge is 0.355 e. The van der Waals surface area contributed by atoms with Crippen molar-refractivity contribution in [3.63, 3.8) is 0 Å². The van der Waals surface area contributed by atoms with E-state index in [1.54, 1.807) is 11.8 Å². The van der Waals surface area contributed by atoms with Crippen LogP contribution in [0.5, 0.6) is 0 Å². The van der Waals surface area contributed by atoms with Gasteiger partial charge in [0, 0.05) is 16.5 Å². The van der Waals surface area contributed by atoms with Crippen LogP contribution < -0.4 is 5.32 Å². The Hall–Kier alpha value is -0.930. The Morgan fingerprint density at radius 1 is 1.33 bits per heavy atom. The molecule has 0 unspecified atom stereocenters. The minimum atomic E-state index is -0.0912. The van der Waals surface area contributed by atoms with Crippen LogP contribution >= 0.6 is 23.4 Å². The van der Waals surface area contributed by atoms with Crippen LogP contribution in [0.15, 0.2) is 40.8 Å². The average Bonchev–Trinajstić information content (AvgIpc) is 2.50. The molecule has 2 nitrogen and oxygen atoms in total. The molecular weight excluding hydrogens is 302 g/mol. The first-order valence-electron chi connectivity index (χ1n) is 7.53. The minimum absolute atomic E-state index is 0.0912. The van der Waals surface area contributed by atoms with Crippen LogP contribution in [-0.2, 0) is 4.79 Å². The molecule has 0 radical (unpaired) electrons. The lowest BCUT2D eigenvalue weighted by Gasteiger charge is -2.15. The summed E-state index contributed by atoms with van der Waals surface area (Å²) in [6, 6.07) is 7.60. The summed E-state index contributed by atoms with van der Waals surface area (Å²) in [6.45, 7) is 2.69. The van der Waals surface area contributed by atoms with Gasteiger partial charge in [-0.2, -0.15) is 0 Å². The van der Waals surface area contributed by atoms with E-state index in [0.29, 0.717) is 0 Å². The fraction of sp³-hybridized carbons (Fsp3) is 0.471. The summed E-state index contributed by atoms with van der Waals surface area (Å²) in [7, 11) is 0. The van der Waals surface area contributed by atoms with Gasteiger partial charge in [0.15, 0.2) is 0 Å².